The van der Waals surface area contributed by atoms with Crippen molar-refractivity contribution >= 4 is 23.5 Å². The number of hydrogen-bond donors (Lipinski definition) is 1. The average Bonchev–Trinajstić information content (AvgIpc) is 1.98. The molecule has 64 valence electrons. The SMILES string of the molecule is CCN(CC(=O)O)C(=O)CCl. The molecule has 0 unspecified atom stereocenters. The number of alkyl halides is 1. The molecule has 4 nitrogen and oxygen atoms in total. The molecule has 0 rings (SSSR count). The van der Waals surface area contributed by atoms with Gasteiger partial charge in [-0.3, -0.25) is 9.59 Å². The maximum atomic E-state index is 10.8. The predicted octanol–water partition coefficient (Wildman–Crippen LogP) is 0.158. The number of aliphatic carboxylic acids is 1. The molecule has 0 spiro atoms. The lowest BCUT2D eigenvalue weighted by atomic mass is 10.4. The molecule has 1 amide bonds. The highest BCUT2D eigenvalue weighted by Gasteiger charge is 2.12. The minimum absolute atomic E-state index is 0.166. The number of hydrogen-bond acceptors (Lipinski definition) is 2. The second-order valence-electron chi connectivity index (χ2n) is 1.94. The molecule has 0 aromatic heterocycles. The number of amides is 1. The van der Waals surface area contributed by atoms with E-state index in [0.29, 0.717) is 6.54 Å². The molecule has 0 aromatic rings. The van der Waals surface area contributed by atoms with Crippen LogP contribution in [0.1, 0.15) is 6.92 Å². The third-order valence-electron chi connectivity index (χ3n) is 1.17. The van der Waals surface area contributed by atoms with Crippen molar-refractivity contribution in [2.45, 2.75) is 6.92 Å². The Morgan fingerprint density at radius 2 is 2.09 bits per heavy atom. The molecule has 1 N–H and O–H groups in total. The highest BCUT2D eigenvalue weighted by Crippen LogP contribution is 1.91. The molecule has 0 aliphatic carbocycles. The molecule has 11 heavy (non-hydrogen) atoms. The van der Waals surface area contributed by atoms with E-state index in [1.807, 2.05) is 0 Å². The molecule has 0 radical (unpaired) electrons. The van der Waals surface area contributed by atoms with Crippen molar-refractivity contribution < 1.29 is 14.7 Å². The van der Waals surface area contributed by atoms with E-state index in [9.17, 15) is 9.59 Å². The average molecular weight is 180 g/mol. The summed E-state index contributed by atoms with van der Waals surface area (Å²) < 4.78 is 0. The van der Waals surface area contributed by atoms with Crippen LogP contribution in [-0.4, -0.2) is 40.9 Å². The van der Waals surface area contributed by atoms with Crippen molar-refractivity contribution in [2.75, 3.05) is 19.0 Å². The number of carbonyl (C=O) groups excluding carboxylic acids is 1. The zero-order valence-corrected chi connectivity index (χ0v) is 6.97. The fourth-order valence-corrected chi connectivity index (χ4v) is 0.793. The second-order valence-corrected chi connectivity index (χ2v) is 2.20. The Morgan fingerprint density at radius 1 is 1.55 bits per heavy atom. The van der Waals surface area contributed by atoms with Crippen LogP contribution < -0.4 is 0 Å². The zero-order chi connectivity index (χ0) is 8.85. The Kier molecular flexibility index (Phi) is 4.61. The highest BCUT2D eigenvalue weighted by atomic mass is 35.5. The molecule has 0 saturated carbocycles. The van der Waals surface area contributed by atoms with Crippen LogP contribution in [0.4, 0.5) is 0 Å². The van der Waals surface area contributed by atoms with Gasteiger partial charge in [0.05, 0.1) is 0 Å². The summed E-state index contributed by atoms with van der Waals surface area (Å²) in [6.45, 7) is 1.80. The van der Waals surface area contributed by atoms with Gasteiger partial charge in [0.2, 0.25) is 5.91 Å². The summed E-state index contributed by atoms with van der Waals surface area (Å²) in [5, 5.41) is 8.32. The summed E-state index contributed by atoms with van der Waals surface area (Å²) in [6.07, 6.45) is 0. The molecule has 0 saturated heterocycles. The highest BCUT2D eigenvalue weighted by molar-refractivity contribution is 6.27. The Morgan fingerprint density at radius 3 is 2.36 bits per heavy atom. The Bertz CT molecular complexity index is 160. The van der Waals surface area contributed by atoms with Crippen LogP contribution in [0.2, 0.25) is 0 Å². The van der Waals surface area contributed by atoms with Crippen LogP contribution in [0, 0.1) is 0 Å². The fraction of sp³-hybridized carbons (Fsp3) is 0.667. The third-order valence-corrected chi connectivity index (χ3v) is 1.40. The summed E-state index contributed by atoms with van der Waals surface area (Å²) in [4.78, 5) is 22.1. The quantitative estimate of drug-likeness (QED) is 0.626. The summed E-state index contributed by atoms with van der Waals surface area (Å²) in [6, 6.07) is 0. The van der Waals surface area contributed by atoms with Crippen LogP contribution in [-0.2, 0) is 9.59 Å². The maximum absolute atomic E-state index is 10.8. The summed E-state index contributed by atoms with van der Waals surface area (Å²) in [5.74, 6) is -1.54. The van der Waals surface area contributed by atoms with Crippen molar-refractivity contribution in [2.24, 2.45) is 0 Å². The van der Waals surface area contributed by atoms with Gasteiger partial charge in [-0.2, -0.15) is 0 Å². The number of carboxylic acids is 1. The first-order valence-corrected chi connectivity index (χ1v) is 3.70. The van der Waals surface area contributed by atoms with Gasteiger partial charge < -0.3 is 10.0 Å². The van der Waals surface area contributed by atoms with Crippen molar-refractivity contribution in [1.82, 2.24) is 4.90 Å². The van der Waals surface area contributed by atoms with E-state index in [1.54, 1.807) is 6.92 Å². The van der Waals surface area contributed by atoms with E-state index < -0.39 is 5.97 Å². The first kappa shape index (κ1) is 10.2. The van der Waals surface area contributed by atoms with Gasteiger partial charge in [0.25, 0.3) is 0 Å². The van der Waals surface area contributed by atoms with Gasteiger partial charge in [-0.25, -0.2) is 0 Å². The van der Waals surface area contributed by atoms with E-state index in [0.717, 1.165) is 0 Å². The Balaban J connectivity index is 3.94. The minimum Gasteiger partial charge on any atom is -0.480 e. The van der Waals surface area contributed by atoms with Crippen LogP contribution in [0.3, 0.4) is 0 Å². The van der Waals surface area contributed by atoms with Gasteiger partial charge >= 0.3 is 5.97 Å². The van der Waals surface area contributed by atoms with E-state index in [1.165, 1.54) is 4.90 Å². The van der Waals surface area contributed by atoms with Crippen molar-refractivity contribution in [3.63, 3.8) is 0 Å². The molecule has 5 heteroatoms. The van der Waals surface area contributed by atoms with Gasteiger partial charge in [-0.1, -0.05) is 0 Å². The topological polar surface area (TPSA) is 57.6 Å². The molecule has 0 bridgehead atoms. The monoisotopic (exact) mass is 179 g/mol. The van der Waals surface area contributed by atoms with Gasteiger partial charge in [0.15, 0.2) is 0 Å². The molecular formula is C6H10ClNO3. The first-order valence-electron chi connectivity index (χ1n) is 3.17. The molecule has 0 aliphatic heterocycles. The minimum atomic E-state index is -1.02. The van der Waals surface area contributed by atoms with Crippen molar-refractivity contribution in [3.05, 3.63) is 0 Å². The lowest BCUT2D eigenvalue weighted by molar-refractivity contribution is -0.143. The largest absolute Gasteiger partial charge is 0.480 e. The van der Waals surface area contributed by atoms with E-state index >= 15 is 0 Å². The van der Waals surface area contributed by atoms with Gasteiger partial charge in [-0.05, 0) is 6.92 Å². The molecule has 0 aromatic carbocycles. The van der Waals surface area contributed by atoms with Crippen LogP contribution in [0.25, 0.3) is 0 Å². The number of carboxylic acid groups (broad SMARTS) is 1. The summed E-state index contributed by atoms with van der Waals surface area (Å²) in [7, 11) is 0. The van der Waals surface area contributed by atoms with Crippen LogP contribution in [0.15, 0.2) is 0 Å². The molecule has 0 heterocycles. The van der Waals surface area contributed by atoms with E-state index in [4.69, 9.17) is 16.7 Å². The van der Waals surface area contributed by atoms with Crippen LogP contribution >= 0.6 is 11.6 Å². The number of carbonyl (C=O) groups is 2. The Labute approximate surface area is 69.7 Å². The van der Waals surface area contributed by atoms with Crippen molar-refractivity contribution in [3.8, 4) is 0 Å². The third kappa shape index (κ3) is 3.83. The molecular weight excluding hydrogens is 170 g/mol. The van der Waals surface area contributed by atoms with E-state index in [2.05, 4.69) is 0 Å². The first-order chi connectivity index (χ1) is 5.11. The fourth-order valence-electron chi connectivity index (χ4n) is 0.624. The van der Waals surface area contributed by atoms with E-state index in [-0.39, 0.29) is 18.3 Å². The number of halogens is 1. The lowest BCUT2D eigenvalue weighted by Gasteiger charge is -2.16. The summed E-state index contributed by atoms with van der Waals surface area (Å²) >= 11 is 5.22. The smallest absolute Gasteiger partial charge is 0.323 e. The maximum Gasteiger partial charge on any atom is 0.323 e. The molecule has 0 aliphatic rings. The normalized spacial score (nSPS) is 9.27. The van der Waals surface area contributed by atoms with Gasteiger partial charge in [0, 0.05) is 6.54 Å². The second kappa shape index (κ2) is 4.96. The Hall–Kier alpha value is -0.770. The zero-order valence-electron chi connectivity index (χ0n) is 6.21. The predicted molar refractivity (Wildman–Crippen MR) is 40.6 cm³/mol. The molecule has 0 atom stereocenters. The number of nitrogens with zero attached hydrogens (tertiary/aromatic N) is 1. The van der Waals surface area contributed by atoms with Crippen molar-refractivity contribution in [1.29, 1.82) is 0 Å². The van der Waals surface area contributed by atoms with Gasteiger partial charge in [-0.15, -0.1) is 11.6 Å². The number of rotatable bonds is 4. The molecule has 0 fully saturated rings. The van der Waals surface area contributed by atoms with Gasteiger partial charge in [0.1, 0.15) is 12.4 Å². The standard InChI is InChI=1S/C6H10ClNO3/c1-2-8(4-6(10)11)5(9)3-7/h2-4H2,1H3,(H,10,11). The number of likely N-dealkylation sites (N-methyl/N-ethyl adjacent to an activating group) is 1. The van der Waals surface area contributed by atoms with Crippen LogP contribution in [0.5, 0.6) is 0 Å². The lowest BCUT2D eigenvalue weighted by Crippen LogP contribution is -2.36. The summed E-state index contributed by atoms with van der Waals surface area (Å²) in [5.41, 5.74) is 0.